The molecule has 0 aliphatic rings. The van der Waals surface area contributed by atoms with E-state index in [1.54, 1.807) is 12.4 Å². The first kappa shape index (κ1) is 20.9. The summed E-state index contributed by atoms with van der Waals surface area (Å²) in [6.07, 6.45) is 4.73. The third kappa shape index (κ3) is 8.69. The Morgan fingerprint density at radius 2 is 1.74 bits per heavy atom. The normalized spacial score (nSPS) is 11.0. The lowest BCUT2D eigenvalue weighted by Gasteiger charge is -2.07. The van der Waals surface area contributed by atoms with Gasteiger partial charge < -0.3 is 29.6 Å². The minimum Gasteiger partial charge on any atom is -0.390 e. The molecule has 0 aromatic carbocycles. The lowest BCUT2D eigenvalue weighted by Crippen LogP contribution is -2.21. The minimum absolute atomic E-state index is 0.179. The van der Waals surface area contributed by atoms with Gasteiger partial charge in [-0.15, -0.1) is 0 Å². The Kier molecular flexibility index (Phi) is 9.97. The van der Waals surface area contributed by atoms with Crippen LogP contribution in [-0.4, -0.2) is 65.6 Å². The molecule has 10 nitrogen and oxygen atoms in total. The van der Waals surface area contributed by atoms with Gasteiger partial charge in [0.05, 0.1) is 51.9 Å². The quantitative estimate of drug-likeness (QED) is 0.277. The third-order valence-corrected chi connectivity index (χ3v) is 3.53. The minimum atomic E-state index is -0.517. The zero-order chi connectivity index (χ0) is 19.2. The van der Waals surface area contributed by atoms with Gasteiger partial charge in [-0.25, -0.2) is 4.57 Å². The highest BCUT2D eigenvalue weighted by Crippen LogP contribution is 2.06. The Morgan fingerprint density at radius 3 is 2.44 bits per heavy atom. The molecule has 2 aromatic rings. The second-order valence-electron chi connectivity index (χ2n) is 5.51. The Labute approximate surface area is 157 Å². The van der Waals surface area contributed by atoms with Crippen molar-refractivity contribution in [3.05, 3.63) is 52.6 Å². The molecule has 0 amide bonds. The number of pyridine rings is 1. The zero-order valence-electron chi connectivity index (χ0n) is 15.2. The smallest absolute Gasteiger partial charge is 0.390 e. The molecular formula is C17H25N5O5. The van der Waals surface area contributed by atoms with Crippen LogP contribution in [0.2, 0.25) is 0 Å². The van der Waals surface area contributed by atoms with Crippen molar-refractivity contribution in [2.75, 3.05) is 46.2 Å². The van der Waals surface area contributed by atoms with Crippen LogP contribution in [0.5, 0.6) is 0 Å². The second-order valence-corrected chi connectivity index (χ2v) is 5.51. The van der Waals surface area contributed by atoms with Gasteiger partial charge in [0, 0.05) is 19.3 Å². The first-order chi connectivity index (χ1) is 13.3. The highest BCUT2D eigenvalue weighted by molar-refractivity contribution is 5.06. The van der Waals surface area contributed by atoms with Crippen molar-refractivity contribution in [2.24, 2.45) is 0 Å². The molecule has 2 rings (SSSR count). The summed E-state index contributed by atoms with van der Waals surface area (Å²) in [5.74, 6) is -0.179. The van der Waals surface area contributed by atoms with Crippen molar-refractivity contribution in [3.8, 4) is 0 Å². The van der Waals surface area contributed by atoms with Gasteiger partial charge in [-0.3, -0.25) is 4.98 Å². The molecule has 0 saturated carbocycles. The van der Waals surface area contributed by atoms with Gasteiger partial charge in [0.2, 0.25) is 0 Å². The Morgan fingerprint density at radius 1 is 1.00 bits per heavy atom. The molecule has 0 aliphatic carbocycles. The summed E-state index contributed by atoms with van der Waals surface area (Å²) in [5, 5.41) is 14.0. The van der Waals surface area contributed by atoms with Crippen LogP contribution in [-0.2, 0) is 27.3 Å². The molecule has 1 N–H and O–H groups in total. The largest absolute Gasteiger partial charge is 0.434 e. The molecule has 0 aliphatic heterocycles. The Bertz CT molecular complexity index is 652. The van der Waals surface area contributed by atoms with Gasteiger partial charge in [0.25, 0.3) is 0 Å². The molecule has 0 atom stereocenters. The van der Waals surface area contributed by atoms with E-state index in [0.29, 0.717) is 46.2 Å². The summed E-state index contributed by atoms with van der Waals surface area (Å²) in [7, 11) is 0. The van der Waals surface area contributed by atoms with Crippen molar-refractivity contribution in [1.29, 1.82) is 0 Å². The first-order valence-corrected chi connectivity index (χ1v) is 8.77. The van der Waals surface area contributed by atoms with E-state index in [0.717, 1.165) is 18.8 Å². The molecule has 2 heterocycles. The topological polar surface area (TPSA) is 114 Å². The maximum atomic E-state index is 10.7. The van der Waals surface area contributed by atoms with Gasteiger partial charge in [0.1, 0.15) is 12.4 Å². The van der Waals surface area contributed by atoms with Gasteiger partial charge in [-0.05, 0) is 17.1 Å². The fraction of sp³-hybridized carbons (Fsp3) is 0.529. The highest BCUT2D eigenvalue weighted by atomic mass is 16.6. The van der Waals surface area contributed by atoms with Crippen molar-refractivity contribution in [2.45, 2.75) is 13.1 Å². The van der Waals surface area contributed by atoms with Crippen molar-refractivity contribution in [1.82, 2.24) is 19.9 Å². The summed E-state index contributed by atoms with van der Waals surface area (Å²) in [6.45, 7) is 4.71. The van der Waals surface area contributed by atoms with E-state index >= 15 is 0 Å². The van der Waals surface area contributed by atoms with E-state index in [-0.39, 0.29) is 5.95 Å². The molecule has 10 heteroatoms. The van der Waals surface area contributed by atoms with E-state index < -0.39 is 4.92 Å². The molecule has 0 spiro atoms. The van der Waals surface area contributed by atoms with Crippen molar-refractivity contribution < 1.29 is 19.1 Å². The molecule has 0 saturated heterocycles. The van der Waals surface area contributed by atoms with Crippen LogP contribution in [0.3, 0.4) is 0 Å². The number of aromatic nitrogens is 3. The Balaban J connectivity index is 1.35. The second kappa shape index (κ2) is 12.9. The monoisotopic (exact) mass is 379 g/mol. The molecule has 148 valence electrons. The fourth-order valence-electron chi connectivity index (χ4n) is 2.22. The molecule has 0 radical (unpaired) electrons. The van der Waals surface area contributed by atoms with Crippen LogP contribution >= 0.6 is 0 Å². The number of rotatable bonds is 15. The summed E-state index contributed by atoms with van der Waals surface area (Å²) < 4.78 is 17.7. The number of hydrogen-bond acceptors (Lipinski definition) is 8. The summed E-state index contributed by atoms with van der Waals surface area (Å²) in [5.41, 5.74) is 1.00. The maximum absolute atomic E-state index is 10.7. The molecule has 27 heavy (non-hydrogen) atoms. The summed E-state index contributed by atoms with van der Waals surface area (Å²) in [6, 6.07) is 5.83. The van der Waals surface area contributed by atoms with Crippen molar-refractivity contribution in [3.63, 3.8) is 0 Å². The van der Waals surface area contributed by atoms with Crippen LogP contribution < -0.4 is 5.32 Å². The summed E-state index contributed by atoms with van der Waals surface area (Å²) in [4.78, 5) is 18.1. The van der Waals surface area contributed by atoms with Crippen molar-refractivity contribution >= 4 is 5.95 Å². The number of nitrogens with zero attached hydrogens (tertiary/aromatic N) is 4. The van der Waals surface area contributed by atoms with Crippen LogP contribution in [0, 0.1) is 10.1 Å². The zero-order valence-corrected chi connectivity index (χ0v) is 15.2. The number of hydrogen-bond donors (Lipinski definition) is 1. The lowest BCUT2D eigenvalue weighted by molar-refractivity contribution is -0.396. The van der Waals surface area contributed by atoms with Crippen LogP contribution in [0.4, 0.5) is 5.95 Å². The van der Waals surface area contributed by atoms with E-state index in [4.69, 9.17) is 14.2 Å². The standard InChI is InChI=1S/C17H25N5O5/c23-22(24)17-20-5-7-21(17)8-10-26-12-14-27-13-11-25-9-6-18-15-16-3-1-2-4-19-16/h1-5,7,18H,6,8-15H2. The molecule has 2 aromatic heterocycles. The molecule has 0 bridgehead atoms. The Hall–Kier alpha value is -2.40. The van der Waals surface area contributed by atoms with E-state index in [9.17, 15) is 10.1 Å². The number of ether oxygens (including phenoxy) is 3. The average molecular weight is 379 g/mol. The maximum Gasteiger partial charge on any atom is 0.434 e. The van der Waals surface area contributed by atoms with Crippen LogP contribution in [0.1, 0.15) is 5.69 Å². The molecule has 0 unspecified atom stereocenters. The molecule has 0 fully saturated rings. The average Bonchev–Trinajstić information content (AvgIpc) is 3.15. The van der Waals surface area contributed by atoms with Gasteiger partial charge in [-0.2, -0.15) is 0 Å². The van der Waals surface area contributed by atoms with Crippen LogP contribution in [0.25, 0.3) is 0 Å². The molecular weight excluding hydrogens is 354 g/mol. The predicted octanol–water partition coefficient (Wildman–Crippen LogP) is 1.03. The van der Waals surface area contributed by atoms with E-state index in [1.165, 1.54) is 10.8 Å². The number of nitrogens with one attached hydrogen (secondary N) is 1. The van der Waals surface area contributed by atoms with Gasteiger partial charge in [0.15, 0.2) is 0 Å². The third-order valence-electron chi connectivity index (χ3n) is 3.53. The van der Waals surface area contributed by atoms with E-state index in [2.05, 4.69) is 15.3 Å². The highest BCUT2D eigenvalue weighted by Gasteiger charge is 2.12. The first-order valence-electron chi connectivity index (χ1n) is 8.77. The van der Waals surface area contributed by atoms with E-state index in [1.807, 2.05) is 18.2 Å². The number of nitro groups is 1. The van der Waals surface area contributed by atoms with Gasteiger partial charge in [-0.1, -0.05) is 11.1 Å². The predicted molar refractivity (Wildman–Crippen MR) is 97.3 cm³/mol. The lowest BCUT2D eigenvalue weighted by atomic mass is 10.3. The summed E-state index contributed by atoms with van der Waals surface area (Å²) >= 11 is 0. The number of imidazole rings is 1. The van der Waals surface area contributed by atoms with Gasteiger partial charge >= 0.3 is 5.95 Å². The fourth-order valence-corrected chi connectivity index (χ4v) is 2.22. The SMILES string of the molecule is O=[N+]([O-])c1nccn1CCOCCOCCOCCNCc1ccccn1. The van der Waals surface area contributed by atoms with Crippen LogP contribution in [0.15, 0.2) is 36.8 Å².